The first-order valence-electron chi connectivity index (χ1n) is 8.11. The number of nitrogens with zero attached hydrogens (tertiary/aromatic N) is 3. The number of H-pyrrole nitrogens is 1. The number of benzene rings is 1. The molecule has 0 unspecified atom stereocenters. The van der Waals surface area contributed by atoms with E-state index in [0.717, 1.165) is 29.0 Å². The zero-order valence-corrected chi connectivity index (χ0v) is 15.9. The van der Waals surface area contributed by atoms with Crippen molar-refractivity contribution in [3.63, 3.8) is 0 Å². The first kappa shape index (κ1) is 20.2. The minimum Gasteiger partial charge on any atom is -0.349 e. The maximum Gasteiger partial charge on any atom is 0.225 e. The summed E-state index contributed by atoms with van der Waals surface area (Å²) in [7, 11) is 1.89. The molecule has 0 spiro atoms. The number of fused-ring (bicyclic) bond motifs is 1. The average molecular weight is 397 g/mol. The van der Waals surface area contributed by atoms with Crippen LogP contribution in [0, 0.1) is 5.92 Å². The Hall–Kier alpha value is -2.09. The van der Waals surface area contributed by atoms with Crippen LogP contribution in [-0.4, -0.2) is 38.7 Å². The second kappa shape index (κ2) is 8.53. The molecule has 7 nitrogen and oxygen atoms in total. The highest BCUT2D eigenvalue weighted by molar-refractivity contribution is 5.85. The van der Waals surface area contributed by atoms with E-state index >= 15 is 0 Å². The van der Waals surface area contributed by atoms with Gasteiger partial charge in [-0.15, -0.1) is 24.8 Å². The molecule has 3 aromatic rings. The van der Waals surface area contributed by atoms with Crippen LogP contribution in [0.2, 0.25) is 0 Å². The van der Waals surface area contributed by atoms with Gasteiger partial charge in [0.05, 0.1) is 29.7 Å². The SMILES string of the molecule is Cl.Cl.Cn1cc([C@H]2CNC[C@@H]2C(=O)NCc2nc3ccccc3[nH]2)cn1. The van der Waals surface area contributed by atoms with E-state index in [9.17, 15) is 4.79 Å². The van der Waals surface area contributed by atoms with Crippen molar-refractivity contribution in [3.05, 3.63) is 48.0 Å². The van der Waals surface area contributed by atoms with Gasteiger partial charge in [-0.2, -0.15) is 5.10 Å². The topological polar surface area (TPSA) is 87.6 Å². The smallest absolute Gasteiger partial charge is 0.225 e. The van der Waals surface area contributed by atoms with Crippen molar-refractivity contribution in [3.8, 4) is 0 Å². The quantitative estimate of drug-likeness (QED) is 0.626. The second-order valence-corrected chi connectivity index (χ2v) is 6.24. The molecule has 3 heterocycles. The normalized spacial score (nSPS) is 19.0. The molecule has 1 saturated heterocycles. The van der Waals surface area contributed by atoms with Gasteiger partial charge in [-0.3, -0.25) is 9.48 Å². The van der Waals surface area contributed by atoms with Gasteiger partial charge < -0.3 is 15.6 Å². The summed E-state index contributed by atoms with van der Waals surface area (Å²) >= 11 is 0. The molecule has 140 valence electrons. The number of amides is 1. The fourth-order valence-corrected chi connectivity index (χ4v) is 3.33. The van der Waals surface area contributed by atoms with Crippen molar-refractivity contribution in [2.75, 3.05) is 13.1 Å². The minimum atomic E-state index is -0.0846. The summed E-state index contributed by atoms with van der Waals surface area (Å²) in [5.74, 6) is 0.899. The van der Waals surface area contributed by atoms with Gasteiger partial charge in [-0.05, 0) is 17.7 Å². The van der Waals surface area contributed by atoms with Crippen LogP contribution in [0.3, 0.4) is 0 Å². The number of aryl methyl sites for hydroxylation is 1. The molecule has 1 aromatic carbocycles. The number of carbonyl (C=O) groups is 1. The van der Waals surface area contributed by atoms with Crippen LogP contribution in [0.5, 0.6) is 0 Å². The van der Waals surface area contributed by atoms with Crippen molar-refractivity contribution >= 4 is 41.8 Å². The number of halogens is 2. The summed E-state index contributed by atoms with van der Waals surface area (Å²) < 4.78 is 1.77. The molecule has 1 aliphatic heterocycles. The number of hydrogen-bond donors (Lipinski definition) is 3. The van der Waals surface area contributed by atoms with Gasteiger partial charge >= 0.3 is 0 Å². The van der Waals surface area contributed by atoms with E-state index in [1.165, 1.54) is 0 Å². The van der Waals surface area contributed by atoms with Gasteiger partial charge in [0, 0.05) is 32.3 Å². The highest BCUT2D eigenvalue weighted by Crippen LogP contribution is 2.27. The van der Waals surface area contributed by atoms with Crippen LogP contribution in [0.25, 0.3) is 11.0 Å². The molecule has 2 atom stereocenters. The maximum absolute atomic E-state index is 12.6. The molecule has 1 aliphatic rings. The molecule has 4 rings (SSSR count). The van der Waals surface area contributed by atoms with Gasteiger partial charge in [-0.1, -0.05) is 12.1 Å². The van der Waals surface area contributed by atoms with E-state index < -0.39 is 0 Å². The molecule has 0 saturated carbocycles. The van der Waals surface area contributed by atoms with E-state index in [4.69, 9.17) is 0 Å². The van der Waals surface area contributed by atoms with E-state index in [2.05, 4.69) is 25.7 Å². The number of carbonyl (C=O) groups excluding carboxylic acids is 1. The Bertz CT molecular complexity index is 844. The molecule has 1 amide bonds. The number of aromatic amines is 1. The number of imidazole rings is 1. The van der Waals surface area contributed by atoms with Crippen LogP contribution < -0.4 is 10.6 Å². The molecule has 0 aliphatic carbocycles. The Morgan fingerprint density at radius 3 is 2.85 bits per heavy atom. The second-order valence-electron chi connectivity index (χ2n) is 6.24. The summed E-state index contributed by atoms with van der Waals surface area (Å²) in [5.41, 5.74) is 3.00. The van der Waals surface area contributed by atoms with Crippen molar-refractivity contribution in [1.82, 2.24) is 30.4 Å². The summed E-state index contributed by atoms with van der Waals surface area (Å²) in [6.07, 6.45) is 3.83. The van der Waals surface area contributed by atoms with Crippen LogP contribution in [0.1, 0.15) is 17.3 Å². The van der Waals surface area contributed by atoms with E-state index in [1.807, 2.05) is 43.7 Å². The van der Waals surface area contributed by atoms with Gasteiger partial charge in [0.2, 0.25) is 5.91 Å². The monoisotopic (exact) mass is 396 g/mol. The lowest BCUT2D eigenvalue weighted by Gasteiger charge is -2.16. The Labute approximate surface area is 163 Å². The lowest BCUT2D eigenvalue weighted by Crippen LogP contribution is -2.34. The number of hydrogen-bond acceptors (Lipinski definition) is 4. The maximum atomic E-state index is 12.6. The van der Waals surface area contributed by atoms with Gasteiger partial charge in [0.15, 0.2) is 0 Å². The van der Waals surface area contributed by atoms with Crippen molar-refractivity contribution in [1.29, 1.82) is 0 Å². The lowest BCUT2D eigenvalue weighted by molar-refractivity contribution is -0.125. The van der Waals surface area contributed by atoms with Crippen molar-refractivity contribution in [2.24, 2.45) is 13.0 Å². The Kier molecular flexibility index (Phi) is 6.63. The third-order valence-electron chi connectivity index (χ3n) is 4.57. The summed E-state index contributed by atoms with van der Waals surface area (Å²) in [6, 6.07) is 7.85. The van der Waals surface area contributed by atoms with Gasteiger partial charge in [0.1, 0.15) is 5.82 Å². The van der Waals surface area contributed by atoms with Crippen LogP contribution in [0.4, 0.5) is 0 Å². The van der Waals surface area contributed by atoms with Crippen molar-refractivity contribution < 1.29 is 4.79 Å². The fraction of sp³-hybridized carbons (Fsp3) is 0.353. The van der Waals surface area contributed by atoms with Crippen molar-refractivity contribution in [2.45, 2.75) is 12.5 Å². The van der Waals surface area contributed by atoms with Crippen LogP contribution >= 0.6 is 24.8 Å². The number of para-hydroxylation sites is 2. The summed E-state index contributed by atoms with van der Waals surface area (Å²) in [5, 5.41) is 10.5. The average Bonchev–Trinajstić information content (AvgIpc) is 3.30. The number of nitrogens with one attached hydrogen (secondary N) is 3. The Balaban J connectivity index is 0.00000121. The van der Waals surface area contributed by atoms with E-state index in [-0.39, 0.29) is 42.6 Å². The summed E-state index contributed by atoms with van der Waals surface area (Å²) in [4.78, 5) is 20.3. The Morgan fingerprint density at radius 1 is 1.31 bits per heavy atom. The first-order valence-corrected chi connectivity index (χ1v) is 8.11. The zero-order valence-electron chi connectivity index (χ0n) is 14.3. The molecule has 2 aromatic heterocycles. The van der Waals surface area contributed by atoms with E-state index in [0.29, 0.717) is 13.1 Å². The largest absolute Gasteiger partial charge is 0.349 e. The predicted molar refractivity (Wildman–Crippen MR) is 105 cm³/mol. The molecular formula is C17H22Cl2N6O. The molecular weight excluding hydrogens is 375 g/mol. The first-order chi connectivity index (χ1) is 11.7. The zero-order chi connectivity index (χ0) is 16.5. The standard InChI is InChI=1S/C17H20N6O.2ClH/c1-23-10-11(6-20-23)12-7-18-8-13(12)17(24)19-9-16-21-14-4-2-3-5-15(14)22-16;;/h2-6,10,12-13,18H,7-9H2,1H3,(H,19,24)(H,21,22);2*1H/t12-,13+;;/m1../s1. The Morgan fingerprint density at radius 2 is 2.12 bits per heavy atom. The highest BCUT2D eigenvalue weighted by atomic mass is 35.5. The molecule has 3 N–H and O–H groups in total. The van der Waals surface area contributed by atoms with Crippen LogP contribution in [-0.2, 0) is 18.4 Å². The molecule has 1 fully saturated rings. The lowest BCUT2D eigenvalue weighted by atomic mass is 9.90. The number of aromatic nitrogens is 4. The van der Waals surface area contributed by atoms with Gasteiger partial charge in [0.25, 0.3) is 0 Å². The molecule has 0 bridgehead atoms. The number of rotatable bonds is 4. The van der Waals surface area contributed by atoms with E-state index in [1.54, 1.807) is 4.68 Å². The highest BCUT2D eigenvalue weighted by Gasteiger charge is 2.34. The fourth-order valence-electron chi connectivity index (χ4n) is 3.33. The van der Waals surface area contributed by atoms with Crippen LogP contribution in [0.15, 0.2) is 36.7 Å². The predicted octanol–water partition coefficient (Wildman–Crippen LogP) is 1.76. The minimum absolute atomic E-state index is 0. The third-order valence-corrected chi connectivity index (χ3v) is 4.57. The molecule has 9 heteroatoms. The molecule has 26 heavy (non-hydrogen) atoms. The van der Waals surface area contributed by atoms with Gasteiger partial charge in [-0.25, -0.2) is 4.98 Å². The summed E-state index contributed by atoms with van der Waals surface area (Å²) in [6.45, 7) is 1.89. The third kappa shape index (κ3) is 4.00. The molecule has 0 radical (unpaired) electrons.